The third-order valence-electron chi connectivity index (χ3n) is 8.54. The van der Waals surface area contributed by atoms with E-state index >= 15 is 0 Å². The molecule has 9 heteroatoms. The Labute approximate surface area is 254 Å². The molecule has 2 saturated heterocycles. The van der Waals surface area contributed by atoms with Crippen LogP contribution >= 0.6 is 0 Å². The summed E-state index contributed by atoms with van der Waals surface area (Å²) in [5.41, 5.74) is 2.77. The van der Waals surface area contributed by atoms with Gasteiger partial charge in [-0.2, -0.15) is 13.2 Å². The summed E-state index contributed by atoms with van der Waals surface area (Å²) in [6.07, 6.45) is -3.22. The molecular weight excluding hydrogens is 565 g/mol. The number of alkyl halides is 3. The monoisotopic (exact) mass is 598 g/mol. The average Bonchev–Trinajstić information content (AvgIpc) is 3.08. The first-order valence-electron chi connectivity index (χ1n) is 14.9. The molecule has 4 aromatic rings. The summed E-state index contributed by atoms with van der Waals surface area (Å²) in [7, 11) is 0. The largest absolute Gasteiger partial charge is 0.417 e. The van der Waals surface area contributed by atoms with E-state index in [2.05, 4.69) is 4.90 Å². The number of hydrogen-bond donors (Lipinski definition) is 0. The van der Waals surface area contributed by atoms with Crippen molar-refractivity contribution in [1.29, 1.82) is 0 Å². The Balaban J connectivity index is 1.10. The second kappa shape index (κ2) is 12.6. The van der Waals surface area contributed by atoms with E-state index in [1.807, 2.05) is 77.7 Å². The molecule has 0 aliphatic carbocycles. The minimum Gasteiger partial charge on any atom is -0.339 e. The van der Waals surface area contributed by atoms with Gasteiger partial charge in [-0.3, -0.25) is 14.5 Å². The van der Waals surface area contributed by atoms with Gasteiger partial charge in [-0.25, -0.2) is 4.98 Å². The molecule has 2 fully saturated rings. The van der Waals surface area contributed by atoms with Crippen LogP contribution < -0.4 is 0 Å². The van der Waals surface area contributed by atoms with Gasteiger partial charge < -0.3 is 9.80 Å². The Morgan fingerprint density at radius 1 is 0.636 bits per heavy atom. The molecule has 0 bridgehead atoms. The Morgan fingerprint density at radius 2 is 1.14 bits per heavy atom. The molecule has 6 rings (SSSR count). The van der Waals surface area contributed by atoms with Crippen LogP contribution in [0.25, 0.3) is 22.5 Å². The first-order valence-corrected chi connectivity index (χ1v) is 14.9. The molecule has 0 unspecified atom stereocenters. The zero-order valence-electron chi connectivity index (χ0n) is 24.2. The fourth-order valence-corrected chi connectivity index (χ4v) is 6.16. The van der Waals surface area contributed by atoms with E-state index in [1.54, 1.807) is 0 Å². The third kappa shape index (κ3) is 6.38. The maximum absolute atomic E-state index is 13.8. The van der Waals surface area contributed by atoms with Crippen molar-refractivity contribution < 1.29 is 22.8 Å². The molecule has 3 heterocycles. The summed E-state index contributed by atoms with van der Waals surface area (Å²) in [6.45, 7) is 3.33. The summed E-state index contributed by atoms with van der Waals surface area (Å²) in [6, 6.07) is 28.6. The number of likely N-dealkylation sites (tertiary alicyclic amines) is 1. The number of halogens is 3. The lowest BCUT2D eigenvalue weighted by Crippen LogP contribution is -2.54. The van der Waals surface area contributed by atoms with Crippen LogP contribution in [0.2, 0.25) is 0 Å². The molecule has 0 spiro atoms. The molecule has 1 aromatic heterocycles. The highest BCUT2D eigenvalue weighted by Crippen LogP contribution is 2.33. The summed E-state index contributed by atoms with van der Waals surface area (Å²) < 4.78 is 40.4. The number of pyridine rings is 1. The van der Waals surface area contributed by atoms with E-state index in [0.29, 0.717) is 57.7 Å². The fourth-order valence-electron chi connectivity index (χ4n) is 6.16. The van der Waals surface area contributed by atoms with Crippen LogP contribution in [-0.4, -0.2) is 76.8 Å². The maximum atomic E-state index is 13.8. The summed E-state index contributed by atoms with van der Waals surface area (Å²) in [4.78, 5) is 37.4. The average molecular weight is 599 g/mol. The number of hydrogen-bond acceptors (Lipinski definition) is 4. The predicted octanol–water partition coefficient (Wildman–Crippen LogP) is 6.50. The van der Waals surface area contributed by atoms with Crippen LogP contribution in [0.5, 0.6) is 0 Å². The number of aromatic nitrogens is 1. The normalized spacial score (nSPS) is 16.6. The van der Waals surface area contributed by atoms with Gasteiger partial charge in [0.05, 0.1) is 22.5 Å². The molecule has 3 aromatic carbocycles. The number of piperazine rings is 1. The lowest BCUT2D eigenvalue weighted by Gasteiger charge is -2.43. The first-order chi connectivity index (χ1) is 21.3. The predicted molar refractivity (Wildman–Crippen MR) is 163 cm³/mol. The van der Waals surface area contributed by atoms with Crippen molar-refractivity contribution in [2.75, 3.05) is 39.3 Å². The van der Waals surface area contributed by atoms with Gasteiger partial charge in [0.15, 0.2) is 0 Å². The van der Waals surface area contributed by atoms with E-state index < -0.39 is 17.6 Å². The second-order valence-corrected chi connectivity index (χ2v) is 11.3. The van der Waals surface area contributed by atoms with Crippen LogP contribution in [0.15, 0.2) is 97.1 Å². The zero-order chi connectivity index (χ0) is 30.7. The van der Waals surface area contributed by atoms with Crippen molar-refractivity contribution in [3.8, 4) is 22.5 Å². The molecule has 2 amide bonds. The van der Waals surface area contributed by atoms with Crippen LogP contribution in [0.3, 0.4) is 0 Å². The Morgan fingerprint density at radius 3 is 1.68 bits per heavy atom. The van der Waals surface area contributed by atoms with Gasteiger partial charge in [-0.05, 0) is 37.1 Å². The van der Waals surface area contributed by atoms with Crippen LogP contribution in [-0.2, 0) is 6.18 Å². The van der Waals surface area contributed by atoms with Crippen molar-refractivity contribution in [1.82, 2.24) is 19.7 Å². The molecular formula is C35H33F3N4O2. The zero-order valence-corrected chi connectivity index (χ0v) is 24.2. The second-order valence-electron chi connectivity index (χ2n) is 11.3. The van der Waals surface area contributed by atoms with Gasteiger partial charge in [-0.1, -0.05) is 72.8 Å². The van der Waals surface area contributed by atoms with Gasteiger partial charge in [-0.15, -0.1) is 0 Å². The van der Waals surface area contributed by atoms with E-state index in [1.165, 1.54) is 23.1 Å². The highest BCUT2D eigenvalue weighted by Gasteiger charge is 2.37. The van der Waals surface area contributed by atoms with Crippen LogP contribution in [0.1, 0.15) is 39.1 Å². The molecule has 2 aliphatic heterocycles. The quantitative estimate of drug-likeness (QED) is 0.263. The Kier molecular flexibility index (Phi) is 8.48. The molecule has 226 valence electrons. The molecule has 44 heavy (non-hydrogen) atoms. The van der Waals surface area contributed by atoms with Crippen molar-refractivity contribution in [2.45, 2.75) is 25.1 Å². The van der Waals surface area contributed by atoms with E-state index in [4.69, 9.17) is 4.98 Å². The number of carbonyl (C=O) groups excluding carboxylic acids is 2. The summed E-state index contributed by atoms with van der Waals surface area (Å²) in [5, 5.41) is 0. The third-order valence-corrected chi connectivity index (χ3v) is 8.54. The SMILES string of the molecule is O=C(c1cc(-c2ccccc2)nc(-c2ccccc2)c1)N1CCN(C2CCN(C(=O)c3ccccc3C(F)(F)F)CC2)CC1. The smallest absolute Gasteiger partial charge is 0.339 e. The van der Waals surface area contributed by atoms with Crippen molar-refractivity contribution in [3.05, 3.63) is 114 Å². The molecule has 0 radical (unpaired) electrons. The first kappa shape index (κ1) is 29.6. The molecule has 0 atom stereocenters. The Bertz CT molecular complexity index is 1550. The highest BCUT2D eigenvalue weighted by atomic mass is 19.4. The van der Waals surface area contributed by atoms with E-state index in [0.717, 1.165) is 28.6 Å². The van der Waals surface area contributed by atoms with Gasteiger partial charge in [0, 0.05) is 62.0 Å². The number of nitrogens with zero attached hydrogens (tertiary/aromatic N) is 4. The summed E-state index contributed by atoms with van der Waals surface area (Å²) >= 11 is 0. The number of carbonyl (C=O) groups is 2. The lowest BCUT2D eigenvalue weighted by atomic mass is 9.99. The topological polar surface area (TPSA) is 56.8 Å². The van der Waals surface area contributed by atoms with Gasteiger partial charge in [0.2, 0.25) is 0 Å². The van der Waals surface area contributed by atoms with Crippen LogP contribution in [0, 0.1) is 0 Å². The number of piperidine rings is 1. The Hall–Kier alpha value is -4.50. The van der Waals surface area contributed by atoms with Crippen molar-refractivity contribution >= 4 is 11.8 Å². The van der Waals surface area contributed by atoms with Crippen molar-refractivity contribution in [2.24, 2.45) is 0 Å². The van der Waals surface area contributed by atoms with Crippen molar-refractivity contribution in [3.63, 3.8) is 0 Å². The lowest BCUT2D eigenvalue weighted by molar-refractivity contribution is -0.138. The van der Waals surface area contributed by atoms with Gasteiger partial charge in [0.25, 0.3) is 11.8 Å². The van der Waals surface area contributed by atoms with E-state index in [-0.39, 0.29) is 17.5 Å². The number of benzene rings is 3. The summed E-state index contributed by atoms with van der Waals surface area (Å²) in [5.74, 6) is -0.612. The van der Waals surface area contributed by atoms with E-state index in [9.17, 15) is 22.8 Å². The minimum atomic E-state index is -4.58. The number of amides is 2. The fraction of sp³-hybridized carbons (Fsp3) is 0.286. The minimum absolute atomic E-state index is 0.0369. The molecule has 2 aliphatic rings. The van der Waals surface area contributed by atoms with Gasteiger partial charge >= 0.3 is 6.18 Å². The molecule has 6 nitrogen and oxygen atoms in total. The standard InChI is InChI=1S/C35H33F3N4O2/c36-35(37,38)30-14-8-7-13-29(30)34(44)41-17-15-28(16-18-41)40-19-21-42(22-20-40)33(43)27-23-31(25-9-3-1-4-10-25)39-32(24-27)26-11-5-2-6-12-26/h1-14,23-24,28H,15-22H2. The highest BCUT2D eigenvalue weighted by molar-refractivity contribution is 5.97. The number of rotatable bonds is 5. The molecule has 0 saturated carbocycles. The van der Waals surface area contributed by atoms with Gasteiger partial charge in [0.1, 0.15) is 0 Å². The maximum Gasteiger partial charge on any atom is 0.417 e. The molecule has 0 N–H and O–H groups in total. The van der Waals surface area contributed by atoms with Crippen LogP contribution in [0.4, 0.5) is 13.2 Å².